The Morgan fingerprint density at radius 3 is 2.64 bits per heavy atom. The zero-order valence-electron chi connectivity index (χ0n) is 12.1. The van der Waals surface area contributed by atoms with Crippen molar-refractivity contribution in [1.29, 1.82) is 5.26 Å². The normalized spacial score (nSPS) is 10.8. The number of aromatic amines is 1. The van der Waals surface area contributed by atoms with Gasteiger partial charge in [-0.05, 0) is 47.5 Å². The average Bonchev–Trinajstić information content (AvgIpc) is 2.80. The molecule has 0 bridgehead atoms. The van der Waals surface area contributed by atoms with Gasteiger partial charge in [0.15, 0.2) is 5.65 Å². The molecule has 0 saturated carbocycles. The van der Waals surface area contributed by atoms with Gasteiger partial charge >= 0.3 is 0 Å². The highest BCUT2D eigenvalue weighted by atomic mass is 79.9. The highest BCUT2D eigenvalue weighted by molar-refractivity contribution is 9.10. The number of benzene rings is 1. The van der Waals surface area contributed by atoms with Gasteiger partial charge in [-0.25, -0.2) is 4.98 Å². The Morgan fingerprint density at radius 2 is 2.00 bits per heavy atom. The molecule has 0 fully saturated rings. The summed E-state index contributed by atoms with van der Waals surface area (Å²) in [6, 6.07) is 9.32. The zero-order chi connectivity index (χ0) is 15.9. The monoisotopic (exact) mass is 356 g/mol. The first kappa shape index (κ1) is 14.5. The molecule has 0 amide bonds. The average molecular weight is 357 g/mol. The summed E-state index contributed by atoms with van der Waals surface area (Å²) in [5.41, 5.74) is 4.31. The van der Waals surface area contributed by atoms with Crippen LogP contribution in [0.3, 0.4) is 0 Å². The second-order valence-corrected chi connectivity index (χ2v) is 5.97. The van der Waals surface area contributed by atoms with E-state index in [0.717, 1.165) is 15.7 Å². The maximum Gasteiger partial charge on any atom is 0.276 e. The molecule has 110 valence electrons. The third-order valence-corrected chi connectivity index (χ3v) is 4.60. The first-order valence-corrected chi connectivity index (χ1v) is 7.56. The maximum absolute atomic E-state index is 12.7. The molecule has 1 aromatic carbocycles. The lowest BCUT2D eigenvalue weighted by Crippen LogP contribution is -2.22. The van der Waals surface area contributed by atoms with E-state index in [1.165, 1.54) is 4.52 Å². The Hall–Kier alpha value is -2.39. The van der Waals surface area contributed by atoms with E-state index in [-0.39, 0.29) is 5.56 Å². The molecule has 0 aliphatic rings. The first-order chi connectivity index (χ1) is 10.5. The lowest BCUT2D eigenvalue weighted by molar-refractivity contribution is 0.847. The van der Waals surface area contributed by atoms with Gasteiger partial charge in [0.2, 0.25) is 0 Å². The number of aromatic nitrogens is 3. The summed E-state index contributed by atoms with van der Waals surface area (Å²) in [6.07, 6.45) is 0.488. The van der Waals surface area contributed by atoms with Crippen molar-refractivity contribution in [2.75, 3.05) is 0 Å². The van der Waals surface area contributed by atoms with Crippen molar-refractivity contribution in [2.45, 2.75) is 20.3 Å². The molecule has 22 heavy (non-hydrogen) atoms. The standard InChI is InChI=1S/C16H13BrN4O/c1-9-13(7-11-3-5-12(8-18)6-4-11)16(22)21-15(19-9)14(17)10(2)20-21/h3-6,20H,7H2,1-2H3. The van der Waals surface area contributed by atoms with Crippen molar-refractivity contribution in [2.24, 2.45) is 0 Å². The van der Waals surface area contributed by atoms with Crippen molar-refractivity contribution >= 4 is 21.6 Å². The number of hydrogen-bond acceptors (Lipinski definition) is 3. The molecule has 2 heterocycles. The molecule has 0 spiro atoms. The number of nitrogens with one attached hydrogen (secondary N) is 1. The lowest BCUT2D eigenvalue weighted by atomic mass is 10.0. The molecule has 0 saturated heterocycles. The van der Waals surface area contributed by atoms with Gasteiger partial charge in [0.25, 0.3) is 5.56 Å². The minimum atomic E-state index is -0.0966. The topological polar surface area (TPSA) is 74.0 Å². The van der Waals surface area contributed by atoms with Gasteiger partial charge < -0.3 is 0 Å². The molecule has 6 heteroatoms. The van der Waals surface area contributed by atoms with E-state index in [1.54, 1.807) is 12.1 Å². The summed E-state index contributed by atoms with van der Waals surface area (Å²) in [5.74, 6) is 0. The van der Waals surface area contributed by atoms with Crippen LogP contribution in [0, 0.1) is 25.2 Å². The molecule has 0 unspecified atom stereocenters. The molecule has 3 rings (SSSR count). The predicted octanol–water partition coefficient (Wildman–Crippen LogP) is 2.86. The van der Waals surface area contributed by atoms with Crippen molar-refractivity contribution in [3.63, 3.8) is 0 Å². The quantitative estimate of drug-likeness (QED) is 0.766. The molecular formula is C16H13BrN4O. The van der Waals surface area contributed by atoms with Crippen molar-refractivity contribution < 1.29 is 0 Å². The predicted molar refractivity (Wildman–Crippen MR) is 86.9 cm³/mol. The Balaban J connectivity index is 2.10. The van der Waals surface area contributed by atoms with Crippen LogP contribution in [0.15, 0.2) is 33.5 Å². The minimum absolute atomic E-state index is 0.0966. The highest BCUT2D eigenvalue weighted by Gasteiger charge is 2.15. The van der Waals surface area contributed by atoms with Crippen LogP contribution >= 0.6 is 15.9 Å². The second kappa shape index (κ2) is 5.43. The molecule has 0 radical (unpaired) electrons. The van der Waals surface area contributed by atoms with Gasteiger partial charge in [0.1, 0.15) is 0 Å². The van der Waals surface area contributed by atoms with E-state index in [1.807, 2.05) is 26.0 Å². The summed E-state index contributed by atoms with van der Waals surface area (Å²) in [5, 5.41) is 11.8. The van der Waals surface area contributed by atoms with Gasteiger partial charge in [-0.3, -0.25) is 9.89 Å². The number of nitrogens with zero attached hydrogens (tertiary/aromatic N) is 3. The van der Waals surface area contributed by atoms with E-state index >= 15 is 0 Å². The SMILES string of the molecule is Cc1nc2c(Br)c(C)[nH]n2c(=O)c1Cc1ccc(C#N)cc1. The fourth-order valence-corrected chi connectivity index (χ4v) is 2.76. The fraction of sp³-hybridized carbons (Fsp3) is 0.188. The number of halogens is 1. The Kier molecular flexibility index (Phi) is 3.59. The van der Waals surface area contributed by atoms with E-state index in [4.69, 9.17) is 5.26 Å². The third-order valence-electron chi connectivity index (χ3n) is 3.65. The minimum Gasteiger partial charge on any atom is -0.293 e. The van der Waals surface area contributed by atoms with Gasteiger partial charge in [-0.1, -0.05) is 12.1 Å². The fourth-order valence-electron chi connectivity index (χ4n) is 2.40. The van der Waals surface area contributed by atoms with E-state index in [0.29, 0.717) is 28.9 Å². The smallest absolute Gasteiger partial charge is 0.276 e. The van der Waals surface area contributed by atoms with Crippen molar-refractivity contribution in [3.8, 4) is 6.07 Å². The summed E-state index contributed by atoms with van der Waals surface area (Å²) < 4.78 is 2.27. The zero-order valence-corrected chi connectivity index (χ0v) is 13.7. The summed E-state index contributed by atoms with van der Waals surface area (Å²) in [4.78, 5) is 17.2. The molecule has 2 aromatic heterocycles. The van der Waals surface area contributed by atoms with Gasteiger partial charge in [0, 0.05) is 23.4 Å². The third kappa shape index (κ3) is 2.34. The number of hydrogen-bond donors (Lipinski definition) is 1. The van der Waals surface area contributed by atoms with Gasteiger partial charge in [-0.15, -0.1) is 0 Å². The lowest BCUT2D eigenvalue weighted by Gasteiger charge is -2.06. The van der Waals surface area contributed by atoms with E-state index in [9.17, 15) is 4.79 Å². The number of rotatable bonds is 2. The van der Waals surface area contributed by atoms with Gasteiger partial charge in [0.05, 0.1) is 16.1 Å². The van der Waals surface area contributed by atoms with Crippen LogP contribution in [-0.4, -0.2) is 14.6 Å². The largest absolute Gasteiger partial charge is 0.293 e. The maximum atomic E-state index is 12.7. The Bertz CT molecular complexity index is 961. The van der Waals surface area contributed by atoms with Crippen LogP contribution in [0.2, 0.25) is 0 Å². The highest BCUT2D eigenvalue weighted by Crippen LogP contribution is 2.20. The Labute approximate surface area is 135 Å². The van der Waals surface area contributed by atoms with Crippen molar-refractivity contribution in [3.05, 3.63) is 67.2 Å². The van der Waals surface area contributed by atoms with Crippen molar-refractivity contribution in [1.82, 2.24) is 14.6 Å². The van der Waals surface area contributed by atoms with Crippen LogP contribution < -0.4 is 5.56 Å². The molecule has 1 N–H and O–H groups in total. The molecular weight excluding hydrogens is 344 g/mol. The number of H-pyrrole nitrogens is 1. The number of aryl methyl sites for hydroxylation is 2. The molecule has 5 nitrogen and oxygen atoms in total. The van der Waals surface area contributed by atoms with Crippen LogP contribution in [-0.2, 0) is 6.42 Å². The molecule has 0 atom stereocenters. The van der Waals surface area contributed by atoms with Crippen LogP contribution in [0.4, 0.5) is 0 Å². The number of nitriles is 1. The first-order valence-electron chi connectivity index (χ1n) is 6.76. The summed E-state index contributed by atoms with van der Waals surface area (Å²) in [6.45, 7) is 3.73. The van der Waals surface area contributed by atoms with Gasteiger partial charge in [-0.2, -0.15) is 9.78 Å². The molecule has 0 aliphatic heterocycles. The van der Waals surface area contributed by atoms with E-state index in [2.05, 4.69) is 32.1 Å². The van der Waals surface area contributed by atoms with E-state index < -0.39 is 0 Å². The van der Waals surface area contributed by atoms with Crippen LogP contribution in [0.25, 0.3) is 5.65 Å². The van der Waals surface area contributed by atoms with Crippen LogP contribution in [0.1, 0.15) is 28.1 Å². The number of fused-ring (bicyclic) bond motifs is 1. The summed E-state index contributed by atoms with van der Waals surface area (Å²) in [7, 11) is 0. The van der Waals surface area contributed by atoms with Crippen LogP contribution in [0.5, 0.6) is 0 Å². The Morgan fingerprint density at radius 1 is 1.32 bits per heavy atom. The molecule has 3 aromatic rings. The summed E-state index contributed by atoms with van der Waals surface area (Å²) >= 11 is 3.44. The second-order valence-electron chi connectivity index (χ2n) is 5.18. The molecule has 0 aliphatic carbocycles.